The Kier molecular flexibility index (Phi) is 7.12. The topological polar surface area (TPSA) is 108 Å². The fraction of sp³-hybridized carbons (Fsp3) is 0.240. The number of aryl methyl sites for hydroxylation is 1. The number of anilines is 1. The second kappa shape index (κ2) is 10.6. The van der Waals surface area contributed by atoms with E-state index >= 15 is 0 Å². The largest absolute Gasteiger partial charge is 0.349 e. The molecule has 174 valence electrons. The Balaban J connectivity index is 1.49. The van der Waals surface area contributed by atoms with Crippen LogP contribution in [0.3, 0.4) is 0 Å². The van der Waals surface area contributed by atoms with E-state index in [9.17, 15) is 14.4 Å². The van der Waals surface area contributed by atoms with Gasteiger partial charge in [-0.1, -0.05) is 29.8 Å². The van der Waals surface area contributed by atoms with Crippen LogP contribution in [0.2, 0.25) is 0 Å². The molecule has 0 aliphatic carbocycles. The van der Waals surface area contributed by atoms with Crippen LogP contribution in [-0.4, -0.2) is 63.3 Å². The molecule has 9 nitrogen and oxygen atoms in total. The zero-order chi connectivity index (χ0) is 23.9. The Bertz CT molecular complexity index is 1140. The average molecular weight is 459 g/mol. The number of piperazine rings is 1. The van der Waals surface area contributed by atoms with E-state index in [1.165, 1.54) is 11.1 Å². The summed E-state index contributed by atoms with van der Waals surface area (Å²) < 4.78 is 0. The zero-order valence-corrected chi connectivity index (χ0v) is 18.8. The molecular weight excluding hydrogens is 432 g/mol. The second-order valence-corrected chi connectivity index (χ2v) is 8.01. The van der Waals surface area contributed by atoms with E-state index in [0.717, 1.165) is 5.56 Å². The van der Waals surface area contributed by atoms with Crippen LogP contribution in [0.15, 0.2) is 73.1 Å². The van der Waals surface area contributed by atoms with E-state index < -0.39 is 6.04 Å². The molecule has 1 fully saturated rings. The van der Waals surface area contributed by atoms with Gasteiger partial charge in [-0.2, -0.15) is 0 Å². The van der Waals surface area contributed by atoms with Crippen LogP contribution in [0.25, 0.3) is 0 Å². The molecule has 2 N–H and O–H groups in total. The SMILES string of the molecule is Cc1ccc(NC(=O)N2CCN(C(=O)c3ccccn3)C(C(=O)NCc3ccccn3)C2)cc1. The minimum Gasteiger partial charge on any atom is -0.349 e. The number of urea groups is 1. The van der Waals surface area contributed by atoms with Gasteiger partial charge in [0.05, 0.1) is 18.8 Å². The molecule has 2 aromatic heterocycles. The van der Waals surface area contributed by atoms with Gasteiger partial charge >= 0.3 is 6.03 Å². The molecule has 4 rings (SSSR count). The lowest BCUT2D eigenvalue weighted by Crippen LogP contribution is -2.62. The van der Waals surface area contributed by atoms with E-state index in [1.807, 2.05) is 37.3 Å². The highest BCUT2D eigenvalue weighted by atomic mass is 16.2. The van der Waals surface area contributed by atoms with Gasteiger partial charge in [-0.15, -0.1) is 0 Å². The highest BCUT2D eigenvalue weighted by Gasteiger charge is 2.37. The van der Waals surface area contributed by atoms with Crippen molar-refractivity contribution in [2.75, 3.05) is 25.0 Å². The number of pyridine rings is 2. The predicted molar refractivity (Wildman–Crippen MR) is 127 cm³/mol. The highest BCUT2D eigenvalue weighted by molar-refractivity contribution is 5.97. The zero-order valence-electron chi connectivity index (χ0n) is 18.8. The molecule has 0 spiro atoms. The van der Waals surface area contributed by atoms with Gasteiger partial charge in [-0.05, 0) is 43.3 Å². The van der Waals surface area contributed by atoms with Gasteiger partial charge < -0.3 is 20.4 Å². The van der Waals surface area contributed by atoms with Crippen molar-refractivity contribution in [3.05, 3.63) is 90.0 Å². The number of nitrogens with zero attached hydrogens (tertiary/aromatic N) is 4. The Morgan fingerprint density at radius 2 is 1.68 bits per heavy atom. The normalized spacial score (nSPS) is 15.5. The maximum Gasteiger partial charge on any atom is 0.321 e. The number of benzene rings is 1. The van der Waals surface area contributed by atoms with Gasteiger partial charge in [0.1, 0.15) is 11.7 Å². The number of carbonyl (C=O) groups is 3. The molecule has 0 bridgehead atoms. The van der Waals surface area contributed by atoms with Crippen molar-refractivity contribution in [2.45, 2.75) is 19.5 Å². The van der Waals surface area contributed by atoms with Crippen LogP contribution in [0.4, 0.5) is 10.5 Å². The smallest absolute Gasteiger partial charge is 0.321 e. The Morgan fingerprint density at radius 1 is 0.941 bits per heavy atom. The van der Waals surface area contributed by atoms with Crippen LogP contribution >= 0.6 is 0 Å². The fourth-order valence-electron chi connectivity index (χ4n) is 3.71. The second-order valence-electron chi connectivity index (χ2n) is 8.01. The van der Waals surface area contributed by atoms with Crippen LogP contribution in [0.5, 0.6) is 0 Å². The summed E-state index contributed by atoms with van der Waals surface area (Å²) in [5.74, 6) is -0.708. The summed E-state index contributed by atoms with van der Waals surface area (Å²) in [7, 11) is 0. The highest BCUT2D eigenvalue weighted by Crippen LogP contribution is 2.16. The van der Waals surface area contributed by atoms with E-state index in [0.29, 0.717) is 17.9 Å². The molecule has 1 aromatic carbocycles. The maximum atomic E-state index is 13.2. The van der Waals surface area contributed by atoms with Crippen molar-refractivity contribution in [3.63, 3.8) is 0 Å². The average Bonchev–Trinajstić information content (AvgIpc) is 2.89. The first kappa shape index (κ1) is 22.9. The number of carbonyl (C=O) groups excluding carboxylic acids is 3. The molecule has 3 heterocycles. The van der Waals surface area contributed by atoms with E-state index in [4.69, 9.17) is 0 Å². The molecule has 34 heavy (non-hydrogen) atoms. The summed E-state index contributed by atoms with van der Waals surface area (Å²) in [5, 5.41) is 5.71. The third kappa shape index (κ3) is 5.55. The third-order valence-corrected chi connectivity index (χ3v) is 5.59. The maximum absolute atomic E-state index is 13.2. The Hall–Kier alpha value is -4.27. The Labute approximate surface area is 197 Å². The fourth-order valence-corrected chi connectivity index (χ4v) is 3.71. The summed E-state index contributed by atoms with van der Waals surface area (Å²) in [6.45, 7) is 2.75. The first-order valence-electron chi connectivity index (χ1n) is 11.0. The molecule has 1 aliphatic rings. The van der Waals surface area contributed by atoms with Crippen molar-refractivity contribution in [2.24, 2.45) is 0 Å². The number of nitrogens with one attached hydrogen (secondary N) is 2. The van der Waals surface area contributed by atoms with Crippen molar-refractivity contribution in [3.8, 4) is 0 Å². The van der Waals surface area contributed by atoms with Crippen molar-refractivity contribution < 1.29 is 14.4 Å². The monoisotopic (exact) mass is 458 g/mol. The van der Waals surface area contributed by atoms with Crippen LogP contribution in [0, 0.1) is 6.92 Å². The molecule has 9 heteroatoms. The molecule has 1 aliphatic heterocycles. The van der Waals surface area contributed by atoms with Crippen molar-refractivity contribution in [1.29, 1.82) is 0 Å². The summed E-state index contributed by atoms with van der Waals surface area (Å²) in [4.78, 5) is 50.6. The minimum absolute atomic E-state index is 0.0598. The van der Waals surface area contributed by atoms with Gasteiger partial charge in [0.25, 0.3) is 5.91 Å². The third-order valence-electron chi connectivity index (χ3n) is 5.59. The number of hydrogen-bond donors (Lipinski definition) is 2. The lowest BCUT2D eigenvalue weighted by atomic mass is 10.1. The first-order chi connectivity index (χ1) is 16.5. The van der Waals surface area contributed by atoms with Gasteiger partial charge in [0.2, 0.25) is 5.91 Å². The van der Waals surface area contributed by atoms with Crippen molar-refractivity contribution in [1.82, 2.24) is 25.1 Å². The summed E-state index contributed by atoms with van der Waals surface area (Å²) in [5.41, 5.74) is 2.70. The van der Waals surface area contributed by atoms with E-state index in [2.05, 4.69) is 20.6 Å². The van der Waals surface area contributed by atoms with E-state index in [-0.39, 0.29) is 43.2 Å². The Morgan fingerprint density at radius 3 is 2.35 bits per heavy atom. The first-order valence-corrected chi connectivity index (χ1v) is 11.0. The van der Waals surface area contributed by atoms with Crippen LogP contribution in [-0.2, 0) is 11.3 Å². The lowest BCUT2D eigenvalue weighted by Gasteiger charge is -2.40. The minimum atomic E-state index is -0.865. The van der Waals surface area contributed by atoms with E-state index in [1.54, 1.807) is 41.4 Å². The molecule has 3 aromatic rings. The molecular formula is C25H26N6O3. The molecule has 4 amide bonds. The number of aromatic nitrogens is 2. The lowest BCUT2D eigenvalue weighted by molar-refractivity contribution is -0.127. The van der Waals surface area contributed by atoms with Gasteiger partial charge in [-0.25, -0.2) is 4.79 Å². The van der Waals surface area contributed by atoms with Crippen molar-refractivity contribution >= 4 is 23.5 Å². The van der Waals surface area contributed by atoms with Gasteiger partial charge in [-0.3, -0.25) is 19.6 Å². The number of amides is 4. The molecule has 1 unspecified atom stereocenters. The standard InChI is InChI=1S/C25H26N6O3/c1-18-8-10-19(11-9-18)29-25(34)30-14-15-31(24(33)21-7-3-5-13-27-21)22(17-30)23(32)28-16-20-6-2-4-12-26-20/h2-13,22H,14-17H2,1H3,(H,28,32)(H,29,34). The molecule has 0 saturated carbocycles. The van der Waals surface area contributed by atoms with Crippen LogP contribution in [0.1, 0.15) is 21.7 Å². The summed E-state index contributed by atoms with van der Waals surface area (Å²) in [6.07, 6.45) is 3.19. The number of hydrogen-bond acceptors (Lipinski definition) is 5. The quantitative estimate of drug-likeness (QED) is 0.611. The molecule has 1 atom stereocenters. The van der Waals surface area contributed by atoms with Crippen LogP contribution < -0.4 is 10.6 Å². The predicted octanol–water partition coefficient (Wildman–Crippen LogP) is 2.46. The van der Waals surface area contributed by atoms with Gasteiger partial charge in [0, 0.05) is 31.2 Å². The summed E-state index contributed by atoms with van der Waals surface area (Å²) >= 11 is 0. The number of rotatable bonds is 5. The summed E-state index contributed by atoms with van der Waals surface area (Å²) in [6, 6.07) is 16.8. The molecule has 1 saturated heterocycles. The van der Waals surface area contributed by atoms with Gasteiger partial charge in [0.15, 0.2) is 0 Å². The molecule has 0 radical (unpaired) electrons.